The van der Waals surface area contributed by atoms with Crippen LogP contribution in [-0.4, -0.2) is 117 Å². The van der Waals surface area contributed by atoms with Crippen LogP contribution in [0.4, 0.5) is 52.6 Å². The fourth-order valence-electron chi connectivity index (χ4n) is 8.24. The van der Waals surface area contributed by atoms with Crippen LogP contribution in [0.3, 0.4) is 0 Å². The number of ether oxygens (including phenoxy) is 1. The van der Waals surface area contributed by atoms with Crippen molar-refractivity contribution in [3.63, 3.8) is 0 Å². The maximum absolute atomic E-state index is 12.7. The number of aromatic nitrogens is 10. The van der Waals surface area contributed by atoms with Gasteiger partial charge in [-0.2, -0.15) is 23.4 Å². The van der Waals surface area contributed by atoms with Gasteiger partial charge in [-0.1, -0.05) is 24.3 Å². The summed E-state index contributed by atoms with van der Waals surface area (Å²) in [5.41, 5.74) is 17.6. The first-order valence-electron chi connectivity index (χ1n) is 23.5. The summed E-state index contributed by atoms with van der Waals surface area (Å²) in [5, 5.41) is 19.7. The Kier molecular flexibility index (Phi) is 15.7. The molecule has 6 aromatic heterocycles. The molecule has 0 radical (unpaired) electrons. The van der Waals surface area contributed by atoms with Crippen molar-refractivity contribution in [2.75, 3.05) is 48.3 Å². The van der Waals surface area contributed by atoms with E-state index in [-0.39, 0.29) is 35.8 Å². The molecule has 2 saturated heterocycles. The van der Waals surface area contributed by atoms with Gasteiger partial charge in [0.15, 0.2) is 22.7 Å². The highest BCUT2D eigenvalue weighted by Gasteiger charge is 2.33. The molecule has 26 heteroatoms. The minimum Gasteiger partial charge on any atom is -0.444 e. The number of fused-ring (bicyclic) bond motifs is 2. The van der Waals surface area contributed by atoms with E-state index in [2.05, 4.69) is 55.5 Å². The number of hydrogen-bond donors (Lipinski definition) is 5. The van der Waals surface area contributed by atoms with Crippen molar-refractivity contribution in [3.05, 3.63) is 132 Å². The fraction of sp³-hybridized carbons (Fsp3) is 0.255. The number of hydrogen-bond acceptors (Lipinski definition) is 16. The molecule has 2 atom stereocenters. The van der Waals surface area contributed by atoms with Gasteiger partial charge in [0.2, 0.25) is 6.29 Å². The van der Waals surface area contributed by atoms with Crippen molar-refractivity contribution in [2.45, 2.75) is 57.5 Å². The highest BCUT2D eigenvalue weighted by Crippen LogP contribution is 2.36. The number of likely N-dealkylation sites (tertiary alicyclic amines) is 1. The lowest BCUT2D eigenvalue weighted by Crippen LogP contribution is -2.35. The monoisotopic (exact) mass is 1050 g/mol. The third-order valence-corrected chi connectivity index (χ3v) is 11.8. The Hall–Kier alpha value is -9.95. The second-order valence-electron chi connectivity index (χ2n) is 18.3. The molecule has 2 aliphatic rings. The van der Waals surface area contributed by atoms with Crippen LogP contribution >= 0.6 is 0 Å². The van der Waals surface area contributed by atoms with Gasteiger partial charge in [-0.25, -0.2) is 53.8 Å². The number of nitrogens with two attached hydrogens (primary N) is 2. The van der Waals surface area contributed by atoms with Gasteiger partial charge in [-0.15, -0.1) is 0 Å². The Morgan fingerprint density at radius 1 is 0.714 bits per heavy atom. The van der Waals surface area contributed by atoms with E-state index in [1.54, 1.807) is 58.1 Å². The number of carbonyl (C=O) groups is 4. The van der Waals surface area contributed by atoms with Crippen LogP contribution < -0.4 is 27.4 Å². The zero-order valence-electron chi connectivity index (χ0n) is 41.4. The largest absolute Gasteiger partial charge is 0.446 e. The first kappa shape index (κ1) is 53.3. The van der Waals surface area contributed by atoms with Gasteiger partial charge >= 0.3 is 12.3 Å². The van der Waals surface area contributed by atoms with Crippen molar-refractivity contribution in [3.8, 4) is 22.5 Å². The van der Waals surface area contributed by atoms with Crippen LogP contribution in [0.5, 0.6) is 0 Å². The molecular weight excluding hydrogens is 1000 g/mol. The van der Waals surface area contributed by atoms with E-state index in [1.165, 1.54) is 37.2 Å². The van der Waals surface area contributed by atoms with Gasteiger partial charge in [-0.3, -0.25) is 14.4 Å². The van der Waals surface area contributed by atoms with Gasteiger partial charge in [0.05, 0.1) is 36.0 Å². The van der Waals surface area contributed by atoms with Crippen molar-refractivity contribution >= 4 is 80.9 Å². The number of aldehydes is 1. The molecule has 8 heterocycles. The summed E-state index contributed by atoms with van der Waals surface area (Å²) in [6.45, 7) is 22.4. The number of halogens is 3. The number of rotatable bonds is 8. The Morgan fingerprint density at radius 2 is 1.18 bits per heavy atom. The zero-order chi connectivity index (χ0) is 55.0. The number of nitrogen functional groups attached to an aromatic ring is 2. The summed E-state index contributed by atoms with van der Waals surface area (Å²) >= 11 is 0. The van der Waals surface area contributed by atoms with Crippen molar-refractivity contribution < 1.29 is 37.1 Å². The normalized spacial score (nSPS) is 15.0. The number of nitrogens with one attached hydrogen (secondary N) is 3. The lowest BCUT2D eigenvalue weighted by molar-refractivity contribution is -0.156. The van der Waals surface area contributed by atoms with Crippen LogP contribution in [0, 0.1) is 13.1 Å². The van der Waals surface area contributed by atoms with E-state index in [9.17, 15) is 27.6 Å². The maximum Gasteiger partial charge on any atom is 0.446 e. The third kappa shape index (κ3) is 12.7. The molecule has 0 unspecified atom stereocenters. The van der Waals surface area contributed by atoms with Crippen molar-refractivity contribution in [1.29, 1.82) is 0 Å². The average Bonchev–Trinajstić information content (AvgIpc) is 4.26. The standard InChI is InChI=1S/C27H27N9O3.C22H19N9O.C2HF3O/c1-27(2,3)39-26(38)35-12-10-19(14-35)36-24-21(23(28)31-15-32-24)22(34-36)16-5-7-17(8-6-16)25(37)33-20-13-18(29-4)9-11-30-20;1-24-15-6-9-26-17(10-15)29-22(32)14-4-2-13(3-5-14)19-18-20(23)27-12-28-21(18)31(30-19)16-7-8-25-11-16;3-2(4,5)1-6/h5-9,11,13,15,19H,10,12,14H2,1-3H3,(H2,28,31,32)(H,30,33,37);2-6,9-10,12,16,25H,7-8,11H2,(H2,23,27,28)(H,26,29,32);1H/t19-;16-;/m11./s1. The Morgan fingerprint density at radius 3 is 1.60 bits per heavy atom. The first-order chi connectivity index (χ1) is 36.8. The number of carbonyl (C=O) groups excluding carboxylic acids is 4. The smallest absolute Gasteiger partial charge is 0.444 e. The predicted molar refractivity (Wildman–Crippen MR) is 277 cm³/mol. The Balaban J connectivity index is 0.000000187. The number of benzene rings is 2. The van der Waals surface area contributed by atoms with Crippen LogP contribution in [-0.2, 0) is 9.53 Å². The van der Waals surface area contributed by atoms with Crippen molar-refractivity contribution in [1.82, 2.24) is 59.7 Å². The van der Waals surface area contributed by atoms with Gasteiger partial charge in [-0.05, 0) is 88.7 Å². The molecule has 2 fully saturated rings. The highest BCUT2D eigenvalue weighted by atomic mass is 19.4. The lowest BCUT2D eigenvalue weighted by atomic mass is 10.1. The molecule has 0 bridgehead atoms. The van der Waals surface area contributed by atoms with Crippen LogP contribution in [0.1, 0.15) is 66.4 Å². The molecule has 8 aromatic rings. The third-order valence-electron chi connectivity index (χ3n) is 11.8. The molecule has 392 valence electrons. The number of nitrogens with zero attached hydrogens (tertiary/aromatic N) is 13. The first-order valence-corrected chi connectivity index (χ1v) is 23.5. The second kappa shape index (κ2) is 22.7. The minimum atomic E-state index is -4.64. The topological polar surface area (TPSA) is 291 Å². The molecule has 7 N–H and O–H groups in total. The fourth-order valence-corrected chi connectivity index (χ4v) is 8.24. The molecule has 10 rings (SSSR count). The van der Waals surface area contributed by atoms with Gasteiger partial charge in [0, 0.05) is 54.3 Å². The summed E-state index contributed by atoms with van der Waals surface area (Å²) in [6.07, 6.45) is 1.38. The highest BCUT2D eigenvalue weighted by molar-refractivity contribution is 6.06. The van der Waals surface area contributed by atoms with Crippen LogP contribution in [0.15, 0.2) is 97.8 Å². The Bertz CT molecular complexity index is 3580. The van der Waals surface area contributed by atoms with Gasteiger partial charge in [0.25, 0.3) is 11.8 Å². The summed E-state index contributed by atoms with van der Waals surface area (Å²) in [6, 6.07) is 20.2. The van der Waals surface area contributed by atoms with Gasteiger partial charge < -0.3 is 37.1 Å². The summed E-state index contributed by atoms with van der Waals surface area (Å²) in [7, 11) is 0. The van der Waals surface area contributed by atoms with E-state index in [4.69, 9.17) is 44.3 Å². The molecule has 77 heavy (non-hydrogen) atoms. The number of amides is 3. The maximum atomic E-state index is 12.7. The molecule has 3 amide bonds. The molecule has 2 aliphatic heterocycles. The van der Waals surface area contributed by atoms with Gasteiger partial charge in [0.1, 0.15) is 52.9 Å². The molecule has 2 aromatic carbocycles. The SMILES string of the molecule is O=CC(F)(F)F.[C-]#[N+]c1ccnc(NC(=O)c2ccc(-c3nn([C@@H]4CCN(C(=O)OC(C)(C)C)C4)c4ncnc(N)c34)cc2)c1.[C-]#[N+]c1ccnc(NC(=O)c2ccc(-c3nn([C@@H]4CCNC4)c4ncnc(N)c34)cc2)c1. The molecule has 0 saturated carbocycles. The number of pyridine rings is 2. The quantitative estimate of drug-likeness (QED) is 0.0711. The molecular formula is C51H47F3N18O5. The van der Waals surface area contributed by atoms with Crippen LogP contribution in [0.25, 0.3) is 54.3 Å². The molecule has 0 aliphatic carbocycles. The van der Waals surface area contributed by atoms with E-state index in [1.807, 2.05) is 37.6 Å². The summed E-state index contributed by atoms with van der Waals surface area (Å²) < 4.78 is 40.5. The Labute approximate surface area is 436 Å². The van der Waals surface area contributed by atoms with E-state index in [0.717, 1.165) is 30.6 Å². The van der Waals surface area contributed by atoms with E-state index < -0.39 is 18.1 Å². The number of anilines is 4. The predicted octanol–water partition coefficient (Wildman–Crippen LogP) is 8.01. The molecule has 23 nitrogen and oxygen atoms in total. The number of alkyl halides is 3. The van der Waals surface area contributed by atoms with Crippen molar-refractivity contribution in [2.24, 2.45) is 0 Å². The zero-order valence-corrected chi connectivity index (χ0v) is 41.4. The summed E-state index contributed by atoms with van der Waals surface area (Å²) in [4.78, 5) is 80.4. The van der Waals surface area contributed by atoms with E-state index >= 15 is 0 Å². The van der Waals surface area contributed by atoms with E-state index in [0.29, 0.717) is 92.9 Å². The minimum absolute atomic E-state index is 0.119. The molecule has 0 spiro atoms. The summed E-state index contributed by atoms with van der Waals surface area (Å²) in [5.74, 6) is 0.603. The van der Waals surface area contributed by atoms with Crippen LogP contribution in [0.2, 0.25) is 0 Å². The lowest BCUT2D eigenvalue weighted by Gasteiger charge is -2.24. The average molecular weight is 1050 g/mol. The second-order valence-corrected chi connectivity index (χ2v) is 18.3.